The zero-order chi connectivity index (χ0) is 19.4. The van der Waals surface area contributed by atoms with Crippen molar-refractivity contribution in [3.8, 4) is 0 Å². The number of nitrogens with zero attached hydrogens (tertiary/aromatic N) is 1. The van der Waals surface area contributed by atoms with Crippen LogP contribution in [0.25, 0.3) is 0 Å². The minimum absolute atomic E-state index is 0.0194. The number of aryl methyl sites for hydroxylation is 1. The summed E-state index contributed by atoms with van der Waals surface area (Å²) >= 11 is 0. The molecule has 1 aromatic carbocycles. The maximum absolute atomic E-state index is 12.8. The molecule has 0 aliphatic carbocycles. The number of benzene rings is 1. The van der Waals surface area contributed by atoms with Crippen LogP contribution in [0.5, 0.6) is 0 Å². The van der Waals surface area contributed by atoms with Gasteiger partial charge in [0.05, 0.1) is 4.90 Å². The molecule has 0 radical (unpaired) electrons. The minimum Gasteiger partial charge on any atom is -0.480 e. The summed E-state index contributed by atoms with van der Waals surface area (Å²) in [7, 11) is -3.51. The Balaban J connectivity index is 3.24. The molecule has 1 atom stereocenters. The summed E-state index contributed by atoms with van der Waals surface area (Å²) in [5, 5.41) is 11.7. The van der Waals surface area contributed by atoms with Crippen LogP contribution in [0.3, 0.4) is 0 Å². The van der Waals surface area contributed by atoms with Gasteiger partial charge in [-0.25, -0.2) is 13.2 Å². The van der Waals surface area contributed by atoms with Gasteiger partial charge in [-0.05, 0) is 31.5 Å². The molecule has 0 saturated heterocycles. The fourth-order valence-corrected chi connectivity index (χ4v) is 2.82. The van der Waals surface area contributed by atoms with Crippen LogP contribution < -0.4 is 5.32 Å². The standard InChI is InChI=1S/C16H22N2O6S/c1-10-5-6-13(25(4,23)24)9-14(10)15(20)18(11(2)16(21)22)8-7-17-12(3)19/h5-6,9,11H,7-8H2,1-4H3,(H,17,19)(H,21,22). The first-order valence-corrected chi connectivity index (χ1v) is 9.43. The van der Waals surface area contributed by atoms with Crippen molar-refractivity contribution in [2.75, 3.05) is 19.3 Å². The van der Waals surface area contributed by atoms with Crippen LogP contribution in [0.15, 0.2) is 23.1 Å². The fourth-order valence-electron chi connectivity index (χ4n) is 2.17. The quantitative estimate of drug-likeness (QED) is 0.719. The number of aliphatic carboxylic acids is 1. The van der Waals surface area contributed by atoms with Gasteiger partial charge >= 0.3 is 5.97 Å². The molecule has 1 unspecified atom stereocenters. The molecule has 1 rings (SSSR count). The van der Waals surface area contributed by atoms with Crippen LogP contribution in [-0.4, -0.2) is 61.6 Å². The fraction of sp³-hybridized carbons (Fsp3) is 0.438. The first-order chi connectivity index (χ1) is 11.4. The van der Waals surface area contributed by atoms with Crippen molar-refractivity contribution in [2.24, 2.45) is 0 Å². The van der Waals surface area contributed by atoms with E-state index in [2.05, 4.69) is 5.32 Å². The molecule has 8 nitrogen and oxygen atoms in total. The third kappa shape index (κ3) is 5.56. The second-order valence-corrected chi connectivity index (χ2v) is 7.76. The number of hydrogen-bond donors (Lipinski definition) is 2. The van der Waals surface area contributed by atoms with Crippen LogP contribution >= 0.6 is 0 Å². The number of carbonyl (C=O) groups excluding carboxylic acids is 2. The zero-order valence-corrected chi connectivity index (χ0v) is 15.4. The summed E-state index contributed by atoms with van der Waals surface area (Å²) < 4.78 is 23.4. The molecular formula is C16H22N2O6S. The van der Waals surface area contributed by atoms with E-state index < -0.39 is 27.8 Å². The molecule has 0 spiro atoms. The van der Waals surface area contributed by atoms with Crippen molar-refractivity contribution in [3.63, 3.8) is 0 Å². The van der Waals surface area contributed by atoms with Crippen LogP contribution in [0.2, 0.25) is 0 Å². The summed E-state index contributed by atoms with van der Waals surface area (Å²) in [5.41, 5.74) is 0.637. The third-order valence-electron chi connectivity index (χ3n) is 3.68. The van der Waals surface area contributed by atoms with Crippen molar-refractivity contribution >= 4 is 27.6 Å². The number of carboxylic acid groups (broad SMARTS) is 1. The number of rotatable bonds is 7. The van der Waals surface area contributed by atoms with E-state index >= 15 is 0 Å². The second kappa shape index (κ2) is 8.11. The highest BCUT2D eigenvalue weighted by atomic mass is 32.2. The lowest BCUT2D eigenvalue weighted by atomic mass is 10.1. The number of amides is 2. The Bertz CT molecular complexity index is 788. The third-order valence-corrected chi connectivity index (χ3v) is 4.79. The van der Waals surface area contributed by atoms with Crippen LogP contribution in [0.4, 0.5) is 0 Å². The predicted octanol–water partition coefficient (Wildman–Crippen LogP) is 0.450. The van der Waals surface area contributed by atoms with Crippen molar-refractivity contribution in [2.45, 2.75) is 31.7 Å². The van der Waals surface area contributed by atoms with Crippen molar-refractivity contribution in [1.29, 1.82) is 0 Å². The first kappa shape index (κ1) is 20.6. The molecule has 0 bridgehead atoms. The van der Waals surface area contributed by atoms with E-state index in [9.17, 15) is 27.9 Å². The molecule has 1 aromatic rings. The average Bonchev–Trinajstić information content (AvgIpc) is 2.49. The van der Waals surface area contributed by atoms with Gasteiger partial charge < -0.3 is 15.3 Å². The van der Waals surface area contributed by atoms with E-state index in [4.69, 9.17) is 0 Å². The van der Waals surface area contributed by atoms with Crippen molar-refractivity contribution < 1.29 is 27.9 Å². The summed E-state index contributed by atoms with van der Waals surface area (Å²) in [6.07, 6.45) is 1.03. The highest BCUT2D eigenvalue weighted by Crippen LogP contribution is 2.18. The molecule has 0 heterocycles. The highest BCUT2D eigenvalue weighted by molar-refractivity contribution is 7.90. The Hall–Kier alpha value is -2.42. The molecule has 0 saturated carbocycles. The topological polar surface area (TPSA) is 121 Å². The largest absolute Gasteiger partial charge is 0.480 e. The molecule has 0 aliphatic heterocycles. The zero-order valence-electron chi connectivity index (χ0n) is 14.6. The van der Waals surface area contributed by atoms with Crippen molar-refractivity contribution in [3.05, 3.63) is 29.3 Å². The molecule has 2 amide bonds. The average molecular weight is 370 g/mol. The van der Waals surface area contributed by atoms with Gasteiger partial charge in [-0.2, -0.15) is 0 Å². The van der Waals surface area contributed by atoms with E-state index in [1.54, 1.807) is 6.92 Å². The van der Waals surface area contributed by atoms with E-state index in [1.165, 1.54) is 32.0 Å². The smallest absolute Gasteiger partial charge is 0.326 e. The normalized spacial score (nSPS) is 12.3. The van der Waals surface area contributed by atoms with Gasteiger partial charge in [0.25, 0.3) is 5.91 Å². The van der Waals surface area contributed by atoms with Gasteiger partial charge in [0.1, 0.15) is 6.04 Å². The van der Waals surface area contributed by atoms with E-state index in [0.29, 0.717) is 5.56 Å². The van der Waals surface area contributed by atoms with Crippen molar-refractivity contribution in [1.82, 2.24) is 10.2 Å². The van der Waals surface area contributed by atoms with Gasteiger partial charge in [-0.15, -0.1) is 0 Å². The summed E-state index contributed by atoms with van der Waals surface area (Å²) in [4.78, 5) is 36.2. The molecule has 0 aliphatic rings. The van der Waals surface area contributed by atoms with Crippen LogP contribution in [0.1, 0.15) is 29.8 Å². The predicted molar refractivity (Wildman–Crippen MR) is 91.1 cm³/mol. The van der Waals surface area contributed by atoms with Gasteiger partial charge in [0.2, 0.25) is 5.91 Å². The number of sulfone groups is 1. The summed E-state index contributed by atoms with van der Waals surface area (Å²) in [6.45, 7) is 4.37. The number of nitrogens with one attached hydrogen (secondary N) is 1. The lowest BCUT2D eigenvalue weighted by molar-refractivity contribution is -0.141. The maximum atomic E-state index is 12.8. The van der Waals surface area contributed by atoms with Gasteiger partial charge in [0.15, 0.2) is 9.84 Å². The Morgan fingerprint density at radius 3 is 2.36 bits per heavy atom. The van der Waals surface area contributed by atoms with Gasteiger partial charge in [-0.3, -0.25) is 9.59 Å². The van der Waals surface area contributed by atoms with E-state index in [-0.39, 0.29) is 29.5 Å². The Morgan fingerprint density at radius 1 is 1.28 bits per heavy atom. The van der Waals surface area contributed by atoms with Crippen LogP contribution in [0, 0.1) is 6.92 Å². The van der Waals surface area contributed by atoms with Gasteiger partial charge in [0, 0.05) is 31.8 Å². The number of carbonyl (C=O) groups is 3. The Morgan fingerprint density at radius 2 is 1.88 bits per heavy atom. The SMILES string of the molecule is CC(=O)NCCN(C(=O)c1cc(S(C)(=O)=O)ccc1C)C(C)C(=O)O. The Labute approximate surface area is 146 Å². The molecule has 138 valence electrons. The summed E-state index contributed by atoms with van der Waals surface area (Å²) in [6, 6.07) is 3.00. The lowest BCUT2D eigenvalue weighted by Gasteiger charge is -2.27. The Kier molecular flexibility index (Phi) is 6.69. The molecular weight excluding hydrogens is 348 g/mol. The highest BCUT2D eigenvalue weighted by Gasteiger charge is 2.27. The molecule has 0 fully saturated rings. The van der Waals surface area contributed by atoms with E-state index in [1.807, 2.05) is 0 Å². The molecule has 2 N–H and O–H groups in total. The second-order valence-electron chi connectivity index (χ2n) is 5.74. The van der Waals surface area contributed by atoms with Crippen LogP contribution in [-0.2, 0) is 19.4 Å². The van der Waals surface area contributed by atoms with Gasteiger partial charge in [-0.1, -0.05) is 6.07 Å². The lowest BCUT2D eigenvalue weighted by Crippen LogP contribution is -2.47. The first-order valence-electron chi connectivity index (χ1n) is 7.54. The summed E-state index contributed by atoms with van der Waals surface area (Å²) in [5.74, 6) is -2.11. The number of hydrogen-bond acceptors (Lipinski definition) is 5. The maximum Gasteiger partial charge on any atom is 0.326 e. The monoisotopic (exact) mass is 370 g/mol. The molecule has 25 heavy (non-hydrogen) atoms. The molecule has 9 heteroatoms. The molecule has 0 aromatic heterocycles. The minimum atomic E-state index is -3.51. The number of carboxylic acids is 1. The van der Waals surface area contributed by atoms with E-state index in [0.717, 1.165) is 11.2 Å².